The Morgan fingerprint density at radius 1 is 1.33 bits per heavy atom. The van der Waals surface area contributed by atoms with Crippen LogP contribution in [0, 0.1) is 0 Å². The van der Waals surface area contributed by atoms with Crippen LogP contribution in [0.15, 0.2) is 12.1 Å². The first-order valence-corrected chi connectivity index (χ1v) is 4.28. The summed E-state index contributed by atoms with van der Waals surface area (Å²) in [6, 6.07) is 3.54. The number of nitrogens with zero attached hydrogens (tertiary/aromatic N) is 2. The minimum atomic E-state index is 0.355. The van der Waals surface area contributed by atoms with E-state index in [9.17, 15) is 0 Å². The van der Waals surface area contributed by atoms with Gasteiger partial charge in [-0.25, -0.2) is 9.97 Å². The topological polar surface area (TPSA) is 41.6 Å². The molecule has 1 N–H and O–H groups in total. The van der Waals surface area contributed by atoms with E-state index in [-0.39, 0.29) is 0 Å². The highest BCUT2D eigenvalue weighted by Gasteiger charge is 2.02. The van der Waals surface area contributed by atoms with E-state index in [0.717, 1.165) is 5.52 Å². The second kappa shape index (κ2) is 2.92. The van der Waals surface area contributed by atoms with Crippen LogP contribution in [0.25, 0.3) is 11.2 Å². The van der Waals surface area contributed by atoms with Crippen molar-refractivity contribution in [3.63, 3.8) is 0 Å². The molecule has 0 aliphatic carbocycles. The Balaban J connectivity index is 2.67. The van der Waals surface area contributed by atoms with Crippen LogP contribution in [0.4, 0.5) is 0 Å². The first kappa shape index (κ1) is 7.83. The third-order valence-electron chi connectivity index (χ3n) is 1.49. The molecule has 0 fully saturated rings. The smallest absolute Gasteiger partial charge is 0.179 e. The predicted octanol–water partition coefficient (Wildman–Crippen LogP) is 2.35. The molecule has 0 radical (unpaired) electrons. The molecule has 2 aromatic rings. The van der Waals surface area contributed by atoms with Crippen molar-refractivity contribution < 1.29 is 0 Å². The molecule has 0 unspecified atom stereocenters. The zero-order valence-corrected chi connectivity index (χ0v) is 7.52. The van der Waals surface area contributed by atoms with E-state index >= 15 is 0 Å². The summed E-state index contributed by atoms with van der Waals surface area (Å²) >= 11 is 11.3. The Labute approximate surface area is 78.7 Å². The van der Waals surface area contributed by atoms with Gasteiger partial charge in [0.15, 0.2) is 5.65 Å². The maximum absolute atomic E-state index is 5.67. The number of fused-ring (bicyclic) bond motifs is 1. The van der Waals surface area contributed by atoms with Gasteiger partial charge in [-0.3, -0.25) is 0 Å². The SMILES string of the molecule is ClCc1nc2nc(Cl)ccc2[nH]1. The average molecular weight is 202 g/mol. The van der Waals surface area contributed by atoms with Crippen molar-refractivity contribution in [1.29, 1.82) is 0 Å². The monoisotopic (exact) mass is 201 g/mol. The molecule has 0 atom stereocenters. The van der Waals surface area contributed by atoms with Gasteiger partial charge in [0.05, 0.1) is 11.4 Å². The van der Waals surface area contributed by atoms with Crippen molar-refractivity contribution in [3.8, 4) is 0 Å². The highest BCUT2D eigenvalue weighted by atomic mass is 35.5. The van der Waals surface area contributed by atoms with Crippen molar-refractivity contribution in [2.24, 2.45) is 0 Å². The summed E-state index contributed by atoms with van der Waals surface area (Å²) in [7, 11) is 0. The van der Waals surface area contributed by atoms with Crippen molar-refractivity contribution in [3.05, 3.63) is 23.1 Å². The van der Waals surface area contributed by atoms with Gasteiger partial charge in [0, 0.05) is 0 Å². The molecule has 2 aromatic heterocycles. The third-order valence-corrected chi connectivity index (χ3v) is 1.95. The standard InChI is InChI=1S/C7H5Cl2N3/c8-3-6-10-4-1-2-5(9)11-7(4)12-6/h1-2H,3H2,(H,10,11,12). The fourth-order valence-corrected chi connectivity index (χ4v) is 1.25. The van der Waals surface area contributed by atoms with Crippen LogP contribution in [0.1, 0.15) is 5.82 Å². The first-order chi connectivity index (χ1) is 5.79. The summed E-state index contributed by atoms with van der Waals surface area (Å²) in [6.07, 6.45) is 0. The van der Waals surface area contributed by atoms with Gasteiger partial charge >= 0.3 is 0 Å². The number of aromatic amines is 1. The molecule has 62 valence electrons. The maximum Gasteiger partial charge on any atom is 0.179 e. The second-order valence-electron chi connectivity index (χ2n) is 2.32. The minimum Gasteiger partial charge on any atom is -0.340 e. The van der Waals surface area contributed by atoms with Gasteiger partial charge in [0.1, 0.15) is 11.0 Å². The van der Waals surface area contributed by atoms with Crippen LogP contribution in [-0.4, -0.2) is 15.0 Å². The molecule has 12 heavy (non-hydrogen) atoms. The number of imidazole rings is 1. The van der Waals surface area contributed by atoms with Gasteiger partial charge in [0.2, 0.25) is 0 Å². The third kappa shape index (κ3) is 1.26. The number of hydrogen-bond acceptors (Lipinski definition) is 2. The number of pyridine rings is 1. The lowest BCUT2D eigenvalue weighted by Crippen LogP contribution is -1.78. The molecule has 3 nitrogen and oxygen atoms in total. The van der Waals surface area contributed by atoms with E-state index in [1.165, 1.54) is 0 Å². The normalized spacial score (nSPS) is 10.8. The molecule has 0 aliphatic heterocycles. The van der Waals surface area contributed by atoms with E-state index in [1.807, 2.05) is 6.07 Å². The van der Waals surface area contributed by atoms with Crippen LogP contribution in [0.3, 0.4) is 0 Å². The Hall–Kier alpha value is -0.800. The fourth-order valence-electron chi connectivity index (χ4n) is 0.983. The van der Waals surface area contributed by atoms with Crippen LogP contribution >= 0.6 is 23.2 Å². The van der Waals surface area contributed by atoms with Gasteiger partial charge in [-0.1, -0.05) is 11.6 Å². The molecule has 0 saturated heterocycles. The quantitative estimate of drug-likeness (QED) is 0.569. The highest BCUT2D eigenvalue weighted by Crippen LogP contribution is 2.13. The summed E-state index contributed by atoms with van der Waals surface area (Å²) in [5.74, 6) is 1.06. The van der Waals surface area contributed by atoms with Crippen LogP contribution in [-0.2, 0) is 5.88 Å². The zero-order chi connectivity index (χ0) is 8.55. The fraction of sp³-hybridized carbons (Fsp3) is 0.143. The van der Waals surface area contributed by atoms with Gasteiger partial charge in [-0.05, 0) is 12.1 Å². The number of hydrogen-bond donors (Lipinski definition) is 1. The maximum atomic E-state index is 5.67. The van der Waals surface area contributed by atoms with E-state index in [2.05, 4.69) is 15.0 Å². The van der Waals surface area contributed by atoms with Gasteiger partial charge in [-0.2, -0.15) is 0 Å². The summed E-state index contributed by atoms with van der Waals surface area (Å²) in [4.78, 5) is 11.1. The number of alkyl halides is 1. The van der Waals surface area contributed by atoms with E-state index < -0.39 is 0 Å². The molecule has 0 amide bonds. The Morgan fingerprint density at radius 2 is 2.17 bits per heavy atom. The summed E-state index contributed by atoms with van der Waals surface area (Å²) in [6.45, 7) is 0. The number of H-pyrrole nitrogens is 1. The zero-order valence-electron chi connectivity index (χ0n) is 6.01. The van der Waals surface area contributed by atoms with E-state index in [0.29, 0.717) is 22.5 Å². The second-order valence-corrected chi connectivity index (χ2v) is 2.98. The number of rotatable bonds is 1. The molecule has 0 aromatic carbocycles. The van der Waals surface area contributed by atoms with Crippen molar-refractivity contribution in [1.82, 2.24) is 15.0 Å². The minimum absolute atomic E-state index is 0.355. The van der Waals surface area contributed by atoms with Crippen molar-refractivity contribution in [2.45, 2.75) is 5.88 Å². The first-order valence-electron chi connectivity index (χ1n) is 3.36. The molecule has 2 rings (SSSR count). The van der Waals surface area contributed by atoms with Crippen molar-refractivity contribution >= 4 is 34.4 Å². The largest absolute Gasteiger partial charge is 0.340 e. The molecule has 0 aliphatic rings. The number of nitrogens with one attached hydrogen (secondary N) is 1. The molecular formula is C7H5Cl2N3. The number of halogens is 2. The van der Waals surface area contributed by atoms with Crippen LogP contribution in [0.2, 0.25) is 5.15 Å². The average Bonchev–Trinajstić information content (AvgIpc) is 2.46. The van der Waals surface area contributed by atoms with Gasteiger partial charge in [0.25, 0.3) is 0 Å². The van der Waals surface area contributed by atoms with Gasteiger partial charge in [-0.15, -0.1) is 11.6 Å². The van der Waals surface area contributed by atoms with Crippen LogP contribution in [0.5, 0.6) is 0 Å². The lowest BCUT2D eigenvalue weighted by Gasteiger charge is -1.86. The molecule has 2 heterocycles. The van der Waals surface area contributed by atoms with Gasteiger partial charge < -0.3 is 4.98 Å². The molecular weight excluding hydrogens is 197 g/mol. The summed E-state index contributed by atoms with van der Waals surface area (Å²) < 4.78 is 0. The Morgan fingerprint density at radius 3 is 2.92 bits per heavy atom. The Kier molecular flexibility index (Phi) is 1.90. The summed E-state index contributed by atoms with van der Waals surface area (Å²) in [5, 5.41) is 0.440. The molecule has 0 saturated carbocycles. The van der Waals surface area contributed by atoms with Crippen LogP contribution < -0.4 is 0 Å². The van der Waals surface area contributed by atoms with Crippen molar-refractivity contribution in [2.75, 3.05) is 0 Å². The molecule has 0 spiro atoms. The lowest BCUT2D eigenvalue weighted by molar-refractivity contribution is 1.13. The summed E-state index contributed by atoms with van der Waals surface area (Å²) in [5.41, 5.74) is 1.47. The highest BCUT2D eigenvalue weighted by molar-refractivity contribution is 6.29. The number of aromatic nitrogens is 3. The molecule has 0 bridgehead atoms. The Bertz CT molecular complexity index is 410. The van der Waals surface area contributed by atoms with E-state index in [1.54, 1.807) is 6.07 Å². The molecule has 5 heteroatoms. The predicted molar refractivity (Wildman–Crippen MR) is 48.5 cm³/mol. The lowest BCUT2D eigenvalue weighted by atomic mass is 10.4. The van der Waals surface area contributed by atoms with E-state index in [4.69, 9.17) is 23.2 Å².